The standard InChI is InChI=1S/C26H30N2O4/c1-14-5-7-23-20(9-14)16(3)25(32-23)26(30)28-12-18-10-21(29)24(11-19(18)13-28)31-22-8-6-15(2)27-17(22)4/h5-9,18-19,21,24,29H,10-13H2,1-4H3/t18-,19+,21+,24+/m0/s1. The third-order valence-corrected chi connectivity index (χ3v) is 7.11. The molecule has 1 N–H and O–H groups in total. The molecular formula is C26H30N2O4. The van der Waals surface area contributed by atoms with Gasteiger partial charge in [0.15, 0.2) is 5.76 Å². The van der Waals surface area contributed by atoms with E-state index in [0.717, 1.165) is 45.7 Å². The van der Waals surface area contributed by atoms with E-state index >= 15 is 0 Å². The van der Waals surface area contributed by atoms with Gasteiger partial charge < -0.3 is 19.2 Å². The SMILES string of the molecule is Cc1ccc2oc(C(=O)N3C[C@H]4C[C@@H](Oc5ccc(C)nc5C)[C@H](O)C[C@H]4C3)c(C)c2c1. The van der Waals surface area contributed by atoms with Gasteiger partial charge in [0.05, 0.1) is 11.8 Å². The predicted octanol–water partition coefficient (Wildman–Crippen LogP) is 4.35. The predicted molar refractivity (Wildman–Crippen MR) is 122 cm³/mol. The second kappa shape index (κ2) is 7.93. The first-order valence-corrected chi connectivity index (χ1v) is 11.4. The first-order valence-electron chi connectivity index (χ1n) is 11.4. The summed E-state index contributed by atoms with van der Waals surface area (Å²) in [6.45, 7) is 9.17. The summed E-state index contributed by atoms with van der Waals surface area (Å²) in [5.41, 5.74) is 4.57. The van der Waals surface area contributed by atoms with Gasteiger partial charge in [0, 0.05) is 29.7 Å². The summed E-state index contributed by atoms with van der Waals surface area (Å²) >= 11 is 0. The van der Waals surface area contributed by atoms with Gasteiger partial charge in [-0.15, -0.1) is 0 Å². The molecule has 1 amide bonds. The molecule has 2 aliphatic rings. The van der Waals surface area contributed by atoms with E-state index in [1.54, 1.807) is 0 Å². The van der Waals surface area contributed by atoms with Crippen LogP contribution < -0.4 is 4.74 Å². The van der Waals surface area contributed by atoms with Crippen molar-refractivity contribution < 1.29 is 19.1 Å². The number of aryl methyl sites for hydroxylation is 4. The Labute approximate surface area is 188 Å². The molecule has 1 aliphatic heterocycles. The number of carbonyl (C=O) groups is 1. The third-order valence-electron chi connectivity index (χ3n) is 7.11. The maximum atomic E-state index is 13.3. The molecule has 32 heavy (non-hydrogen) atoms. The molecule has 0 bridgehead atoms. The molecule has 1 aromatic carbocycles. The Morgan fingerprint density at radius 2 is 1.84 bits per heavy atom. The maximum Gasteiger partial charge on any atom is 0.289 e. The topological polar surface area (TPSA) is 75.8 Å². The second-order valence-electron chi connectivity index (χ2n) is 9.52. The zero-order valence-corrected chi connectivity index (χ0v) is 19.1. The number of aliphatic hydroxyl groups excluding tert-OH is 1. The van der Waals surface area contributed by atoms with E-state index < -0.39 is 6.10 Å². The number of ether oxygens (including phenoxy) is 1. The summed E-state index contributed by atoms with van der Waals surface area (Å²) < 4.78 is 12.1. The summed E-state index contributed by atoms with van der Waals surface area (Å²) in [6.07, 6.45) is 0.519. The number of fused-ring (bicyclic) bond motifs is 2. The van der Waals surface area contributed by atoms with Gasteiger partial charge in [0.1, 0.15) is 17.4 Å². The highest BCUT2D eigenvalue weighted by Gasteiger charge is 2.44. The molecule has 6 heteroatoms. The second-order valence-corrected chi connectivity index (χ2v) is 9.52. The molecule has 3 aromatic rings. The number of nitrogens with zero attached hydrogens (tertiary/aromatic N) is 2. The number of benzene rings is 1. The number of rotatable bonds is 3. The van der Waals surface area contributed by atoms with Crippen molar-refractivity contribution in [2.24, 2.45) is 11.8 Å². The van der Waals surface area contributed by atoms with Crippen molar-refractivity contribution in [2.75, 3.05) is 13.1 Å². The van der Waals surface area contributed by atoms with Gasteiger partial charge in [-0.25, -0.2) is 0 Å². The van der Waals surface area contributed by atoms with E-state index in [1.807, 2.05) is 56.9 Å². The largest absolute Gasteiger partial charge is 0.486 e. The Balaban J connectivity index is 1.31. The van der Waals surface area contributed by atoms with Crippen LogP contribution in [-0.2, 0) is 0 Å². The number of carbonyl (C=O) groups excluding carboxylic acids is 1. The molecule has 5 rings (SSSR count). The molecule has 0 unspecified atom stereocenters. The first-order chi connectivity index (χ1) is 15.3. The van der Waals surface area contributed by atoms with Gasteiger partial charge >= 0.3 is 0 Å². The Bertz CT molecular complexity index is 1180. The number of furan rings is 1. The summed E-state index contributed by atoms with van der Waals surface area (Å²) in [5.74, 6) is 1.67. The fourth-order valence-electron chi connectivity index (χ4n) is 5.33. The number of amides is 1. The smallest absolute Gasteiger partial charge is 0.289 e. The van der Waals surface area contributed by atoms with Gasteiger partial charge in [-0.3, -0.25) is 9.78 Å². The van der Waals surface area contributed by atoms with Crippen LogP contribution in [0.3, 0.4) is 0 Å². The minimum atomic E-state index is -0.553. The van der Waals surface area contributed by atoms with Gasteiger partial charge in [-0.05, 0) is 76.6 Å². The summed E-state index contributed by atoms with van der Waals surface area (Å²) in [7, 11) is 0. The van der Waals surface area contributed by atoms with E-state index in [9.17, 15) is 9.90 Å². The molecule has 2 fully saturated rings. The van der Waals surface area contributed by atoms with Crippen LogP contribution in [0.4, 0.5) is 0 Å². The zero-order valence-electron chi connectivity index (χ0n) is 19.1. The molecule has 4 atom stereocenters. The minimum absolute atomic E-state index is 0.0590. The summed E-state index contributed by atoms with van der Waals surface area (Å²) in [6, 6.07) is 9.84. The lowest BCUT2D eigenvalue weighted by molar-refractivity contribution is -0.0236. The Morgan fingerprint density at radius 1 is 1.09 bits per heavy atom. The highest BCUT2D eigenvalue weighted by atomic mass is 16.5. The Hall–Kier alpha value is -2.86. The van der Waals surface area contributed by atoms with Gasteiger partial charge in [-0.2, -0.15) is 0 Å². The fraction of sp³-hybridized carbons (Fsp3) is 0.462. The van der Waals surface area contributed by atoms with E-state index in [-0.39, 0.29) is 17.9 Å². The van der Waals surface area contributed by atoms with Crippen LogP contribution in [0.1, 0.15) is 45.9 Å². The summed E-state index contributed by atoms with van der Waals surface area (Å²) in [4.78, 5) is 19.7. The quantitative estimate of drug-likeness (QED) is 0.663. The normalized spacial score (nSPS) is 25.2. The molecule has 1 saturated heterocycles. The van der Waals surface area contributed by atoms with E-state index in [4.69, 9.17) is 9.15 Å². The third kappa shape index (κ3) is 3.66. The minimum Gasteiger partial charge on any atom is -0.486 e. The van der Waals surface area contributed by atoms with Crippen molar-refractivity contribution in [3.63, 3.8) is 0 Å². The molecule has 2 aromatic heterocycles. The number of aliphatic hydroxyl groups is 1. The zero-order chi connectivity index (χ0) is 22.6. The van der Waals surface area contributed by atoms with E-state index in [1.165, 1.54) is 0 Å². The Kier molecular flexibility index (Phi) is 5.20. The van der Waals surface area contributed by atoms with E-state index in [2.05, 4.69) is 11.1 Å². The highest BCUT2D eigenvalue weighted by Crippen LogP contribution is 2.39. The van der Waals surface area contributed by atoms with E-state index in [0.29, 0.717) is 31.2 Å². The molecule has 0 radical (unpaired) electrons. The van der Waals surface area contributed by atoms with Crippen LogP contribution in [0.15, 0.2) is 34.7 Å². The van der Waals surface area contributed by atoms with Crippen LogP contribution >= 0.6 is 0 Å². The first kappa shape index (κ1) is 21.0. The monoisotopic (exact) mass is 434 g/mol. The van der Waals surface area contributed by atoms with Gasteiger partial charge in [0.2, 0.25) is 0 Å². The molecule has 0 spiro atoms. The van der Waals surface area contributed by atoms with Crippen LogP contribution in [0, 0.1) is 39.5 Å². The van der Waals surface area contributed by atoms with Crippen LogP contribution in [-0.4, -0.2) is 46.2 Å². The number of aromatic nitrogens is 1. The molecule has 1 aliphatic carbocycles. The van der Waals surface area contributed by atoms with Gasteiger partial charge in [0.25, 0.3) is 5.91 Å². The molecule has 3 heterocycles. The van der Waals surface area contributed by atoms with Gasteiger partial charge in [-0.1, -0.05) is 11.6 Å². The number of hydrogen-bond acceptors (Lipinski definition) is 5. The van der Waals surface area contributed by atoms with Crippen LogP contribution in [0.25, 0.3) is 11.0 Å². The lowest BCUT2D eigenvalue weighted by Crippen LogP contribution is -2.42. The number of hydrogen-bond donors (Lipinski definition) is 1. The average molecular weight is 435 g/mol. The van der Waals surface area contributed by atoms with Crippen molar-refractivity contribution in [1.29, 1.82) is 0 Å². The van der Waals surface area contributed by atoms with Crippen molar-refractivity contribution in [2.45, 2.75) is 52.7 Å². The van der Waals surface area contributed by atoms with Crippen molar-refractivity contribution >= 4 is 16.9 Å². The molecular weight excluding hydrogens is 404 g/mol. The molecule has 1 saturated carbocycles. The molecule has 168 valence electrons. The van der Waals surface area contributed by atoms with Crippen molar-refractivity contribution in [3.8, 4) is 5.75 Å². The van der Waals surface area contributed by atoms with Crippen LogP contribution in [0.5, 0.6) is 5.75 Å². The fourth-order valence-corrected chi connectivity index (χ4v) is 5.33. The van der Waals surface area contributed by atoms with Crippen molar-refractivity contribution in [3.05, 3.63) is 58.6 Å². The lowest BCUT2D eigenvalue weighted by Gasteiger charge is -2.35. The Morgan fingerprint density at radius 3 is 2.59 bits per heavy atom. The highest BCUT2D eigenvalue weighted by molar-refractivity contribution is 5.99. The van der Waals surface area contributed by atoms with Crippen molar-refractivity contribution in [1.82, 2.24) is 9.88 Å². The number of likely N-dealkylation sites (tertiary alicyclic amines) is 1. The molecule has 6 nitrogen and oxygen atoms in total. The average Bonchev–Trinajstić information content (AvgIpc) is 3.30. The number of pyridine rings is 1. The lowest BCUT2D eigenvalue weighted by atomic mass is 9.78. The summed E-state index contributed by atoms with van der Waals surface area (Å²) in [5, 5.41) is 11.8. The van der Waals surface area contributed by atoms with Crippen LogP contribution in [0.2, 0.25) is 0 Å². The maximum absolute atomic E-state index is 13.3.